The lowest BCUT2D eigenvalue weighted by atomic mass is 10.2. The molecule has 0 aromatic heterocycles. The van der Waals surface area contributed by atoms with E-state index in [9.17, 15) is 4.79 Å². The fourth-order valence-corrected chi connectivity index (χ4v) is 2.83. The lowest BCUT2D eigenvalue weighted by Crippen LogP contribution is -2.21. The van der Waals surface area contributed by atoms with Crippen LogP contribution in [0.4, 0.5) is 0 Å². The van der Waals surface area contributed by atoms with Gasteiger partial charge in [0.15, 0.2) is 11.5 Å². The molecule has 0 fully saturated rings. The molecule has 0 radical (unpaired) electrons. The monoisotopic (exact) mass is 417 g/mol. The predicted octanol–water partition coefficient (Wildman–Crippen LogP) is 4.80. The summed E-state index contributed by atoms with van der Waals surface area (Å²) in [6.45, 7) is 2.74. The number of carbonyl (C=O) groups is 1. The van der Waals surface area contributed by atoms with Crippen molar-refractivity contribution < 1.29 is 19.4 Å². The Hall–Kier alpha value is -1.66. The number of ether oxygens (including phenoxy) is 2. The Morgan fingerprint density at radius 1 is 1.04 bits per heavy atom. The normalized spacial score (nSPS) is 10.6. The summed E-state index contributed by atoms with van der Waals surface area (Å²) in [5.41, 5.74) is 1.63. The number of benzene rings is 2. The minimum Gasteiger partial charge on any atom is -0.490 e. The van der Waals surface area contributed by atoms with Gasteiger partial charge in [-0.05, 0) is 42.3 Å². The van der Waals surface area contributed by atoms with Gasteiger partial charge in [0.05, 0.1) is 28.2 Å². The summed E-state index contributed by atoms with van der Waals surface area (Å²) in [4.78, 5) is 10.6. The molecule has 26 heavy (non-hydrogen) atoms. The van der Waals surface area contributed by atoms with Crippen molar-refractivity contribution in [3.05, 3.63) is 56.5 Å². The van der Waals surface area contributed by atoms with Crippen LogP contribution in [0, 0.1) is 0 Å². The molecule has 0 saturated carbocycles. The zero-order chi connectivity index (χ0) is 19.1. The van der Waals surface area contributed by atoms with Crippen LogP contribution in [0.3, 0.4) is 0 Å². The number of carboxylic acid groups (broad SMARTS) is 1. The van der Waals surface area contributed by atoms with Gasteiger partial charge in [0.25, 0.3) is 0 Å². The third-order valence-corrected chi connectivity index (χ3v) is 4.36. The van der Waals surface area contributed by atoms with Crippen molar-refractivity contribution in [3.8, 4) is 11.5 Å². The van der Waals surface area contributed by atoms with Gasteiger partial charge in [-0.25, -0.2) is 0 Å². The fraction of sp³-hybridized carbons (Fsp3) is 0.278. The van der Waals surface area contributed by atoms with E-state index in [0.717, 1.165) is 11.1 Å². The number of aliphatic carboxylic acids is 1. The van der Waals surface area contributed by atoms with Crippen LogP contribution in [0.25, 0.3) is 0 Å². The highest BCUT2D eigenvalue weighted by Crippen LogP contribution is 2.37. The highest BCUT2D eigenvalue weighted by atomic mass is 35.5. The summed E-state index contributed by atoms with van der Waals surface area (Å²) in [6.07, 6.45) is 0. The van der Waals surface area contributed by atoms with E-state index in [0.29, 0.717) is 39.7 Å². The van der Waals surface area contributed by atoms with Crippen molar-refractivity contribution in [2.24, 2.45) is 0 Å². The van der Waals surface area contributed by atoms with Crippen LogP contribution in [-0.4, -0.2) is 24.2 Å². The number of halogens is 3. The van der Waals surface area contributed by atoms with Gasteiger partial charge in [-0.2, -0.15) is 0 Å². The first-order chi connectivity index (χ1) is 12.4. The van der Waals surface area contributed by atoms with Crippen molar-refractivity contribution >= 4 is 40.8 Å². The average Bonchev–Trinajstić information content (AvgIpc) is 2.57. The molecule has 0 saturated heterocycles. The van der Waals surface area contributed by atoms with Crippen molar-refractivity contribution in [3.63, 3.8) is 0 Å². The summed E-state index contributed by atoms with van der Waals surface area (Å²) >= 11 is 18.3. The molecular formula is C18H18Cl3NO4. The van der Waals surface area contributed by atoms with Gasteiger partial charge >= 0.3 is 5.97 Å². The summed E-state index contributed by atoms with van der Waals surface area (Å²) in [6, 6.07) is 8.72. The zero-order valence-electron chi connectivity index (χ0n) is 14.0. The van der Waals surface area contributed by atoms with E-state index in [2.05, 4.69) is 5.32 Å². The van der Waals surface area contributed by atoms with Gasteiger partial charge in [0.2, 0.25) is 0 Å². The molecule has 0 unspecified atom stereocenters. The predicted molar refractivity (Wildman–Crippen MR) is 103 cm³/mol. The van der Waals surface area contributed by atoms with Crippen LogP contribution >= 0.6 is 34.8 Å². The van der Waals surface area contributed by atoms with Crippen molar-refractivity contribution in [1.82, 2.24) is 5.32 Å². The molecule has 0 spiro atoms. The summed E-state index contributed by atoms with van der Waals surface area (Å²) in [5.74, 6) is -0.0172. The van der Waals surface area contributed by atoms with Crippen LogP contribution in [0.5, 0.6) is 11.5 Å². The quantitative estimate of drug-likeness (QED) is 0.612. The molecule has 2 rings (SSSR count). The number of carboxylic acids is 1. The van der Waals surface area contributed by atoms with Crippen molar-refractivity contribution in [2.75, 3.05) is 13.2 Å². The molecule has 0 atom stereocenters. The van der Waals surface area contributed by atoms with E-state index >= 15 is 0 Å². The van der Waals surface area contributed by atoms with Crippen molar-refractivity contribution in [2.45, 2.75) is 20.1 Å². The number of hydrogen-bond acceptors (Lipinski definition) is 4. The first-order valence-electron chi connectivity index (χ1n) is 7.85. The second-order valence-electron chi connectivity index (χ2n) is 5.37. The first-order valence-corrected chi connectivity index (χ1v) is 8.98. The number of hydrogen-bond donors (Lipinski definition) is 2. The molecule has 0 bridgehead atoms. The molecule has 8 heteroatoms. The highest BCUT2D eigenvalue weighted by Gasteiger charge is 2.13. The van der Waals surface area contributed by atoms with Gasteiger partial charge in [0, 0.05) is 6.54 Å². The average molecular weight is 419 g/mol. The third kappa shape index (κ3) is 5.95. The van der Waals surface area contributed by atoms with E-state index in [-0.39, 0.29) is 13.2 Å². The Morgan fingerprint density at radius 3 is 2.42 bits per heavy atom. The molecule has 0 aliphatic heterocycles. The molecule has 5 nitrogen and oxygen atoms in total. The summed E-state index contributed by atoms with van der Waals surface area (Å²) < 4.78 is 11.4. The first kappa shape index (κ1) is 20.6. The third-order valence-electron chi connectivity index (χ3n) is 3.34. The molecule has 2 aromatic rings. The minimum absolute atomic E-state index is 0.142. The lowest BCUT2D eigenvalue weighted by molar-refractivity contribution is -0.135. The molecule has 0 heterocycles. The van der Waals surface area contributed by atoms with E-state index < -0.39 is 5.97 Å². The summed E-state index contributed by atoms with van der Waals surface area (Å²) in [7, 11) is 0. The second-order valence-corrected chi connectivity index (χ2v) is 6.59. The molecular weight excluding hydrogens is 401 g/mol. The number of nitrogens with one attached hydrogen (secondary N) is 1. The maximum Gasteiger partial charge on any atom is 0.317 e. The summed E-state index contributed by atoms with van der Waals surface area (Å²) in [5, 5.41) is 12.8. The Labute approximate surface area is 166 Å². The van der Waals surface area contributed by atoms with E-state index in [1.54, 1.807) is 24.3 Å². The van der Waals surface area contributed by atoms with Gasteiger partial charge in [-0.15, -0.1) is 0 Å². The van der Waals surface area contributed by atoms with Crippen LogP contribution < -0.4 is 14.8 Å². The van der Waals surface area contributed by atoms with E-state index in [1.807, 2.05) is 13.0 Å². The van der Waals surface area contributed by atoms with Gasteiger partial charge in [0.1, 0.15) is 6.61 Å². The maximum atomic E-state index is 10.6. The van der Waals surface area contributed by atoms with Crippen molar-refractivity contribution in [1.29, 1.82) is 0 Å². The lowest BCUT2D eigenvalue weighted by Gasteiger charge is -2.16. The Balaban J connectivity index is 2.15. The van der Waals surface area contributed by atoms with Crippen LogP contribution in [-0.2, 0) is 17.9 Å². The standard InChI is InChI=1S/C18H18Cl3NO4/c1-2-25-16-7-12(8-22-9-17(23)24)6-15(21)18(16)26-10-11-3-4-13(19)14(20)5-11/h3-7,22H,2,8-10H2,1H3,(H,23,24). The molecule has 0 amide bonds. The molecule has 2 aromatic carbocycles. The Morgan fingerprint density at radius 2 is 1.77 bits per heavy atom. The van der Waals surface area contributed by atoms with E-state index in [4.69, 9.17) is 49.4 Å². The van der Waals surface area contributed by atoms with Crippen LogP contribution in [0.1, 0.15) is 18.1 Å². The Kier molecular flexibility index (Phi) is 7.85. The second kappa shape index (κ2) is 9.88. The van der Waals surface area contributed by atoms with E-state index in [1.165, 1.54) is 0 Å². The van der Waals surface area contributed by atoms with Gasteiger partial charge in [-0.1, -0.05) is 40.9 Å². The van der Waals surface area contributed by atoms with Crippen LogP contribution in [0.15, 0.2) is 30.3 Å². The maximum absolute atomic E-state index is 10.6. The molecule has 2 N–H and O–H groups in total. The number of rotatable bonds is 9. The molecule has 0 aliphatic carbocycles. The fourth-order valence-electron chi connectivity index (χ4n) is 2.23. The van der Waals surface area contributed by atoms with Gasteiger partial charge in [-0.3, -0.25) is 4.79 Å². The largest absolute Gasteiger partial charge is 0.490 e. The Bertz CT molecular complexity index is 783. The SMILES string of the molecule is CCOc1cc(CNCC(=O)O)cc(Cl)c1OCc1ccc(Cl)c(Cl)c1. The molecule has 0 aliphatic rings. The smallest absolute Gasteiger partial charge is 0.317 e. The topological polar surface area (TPSA) is 67.8 Å². The zero-order valence-corrected chi connectivity index (χ0v) is 16.3. The van der Waals surface area contributed by atoms with Crippen LogP contribution in [0.2, 0.25) is 15.1 Å². The minimum atomic E-state index is -0.928. The molecule has 140 valence electrons. The van der Waals surface area contributed by atoms with Gasteiger partial charge < -0.3 is 19.9 Å². The highest BCUT2D eigenvalue weighted by molar-refractivity contribution is 6.42.